The van der Waals surface area contributed by atoms with Gasteiger partial charge in [-0.1, -0.05) is 12.2 Å². The molecule has 284 valence electrons. The Morgan fingerprint density at radius 3 is 2.33 bits per heavy atom. The van der Waals surface area contributed by atoms with Gasteiger partial charge in [0.1, 0.15) is 18.8 Å². The van der Waals surface area contributed by atoms with Crippen molar-refractivity contribution in [2.75, 3.05) is 49.3 Å². The van der Waals surface area contributed by atoms with Crippen LogP contribution in [-0.2, 0) is 45.3 Å². The van der Waals surface area contributed by atoms with Crippen LogP contribution in [0.1, 0.15) is 50.7 Å². The Balaban J connectivity index is 1.76. The first kappa shape index (κ1) is 40.9. The number of nitrogens with zero attached hydrogens (tertiary/aromatic N) is 2. The Morgan fingerprint density at radius 1 is 0.962 bits per heavy atom. The predicted octanol–water partition coefficient (Wildman–Crippen LogP) is 3.54. The topological polar surface area (TPSA) is 229 Å². The van der Waals surface area contributed by atoms with Gasteiger partial charge < -0.3 is 19.2 Å². The molecule has 0 bridgehead atoms. The minimum atomic E-state index is -4.59. The zero-order valence-electron chi connectivity index (χ0n) is 28.7. The lowest BCUT2D eigenvalue weighted by Crippen LogP contribution is -2.31. The minimum absolute atomic E-state index is 0.0205. The third kappa shape index (κ3) is 10.8. The van der Waals surface area contributed by atoms with Gasteiger partial charge in [-0.25, -0.2) is 4.58 Å². The van der Waals surface area contributed by atoms with Gasteiger partial charge in [0, 0.05) is 41.4 Å². The molecule has 0 saturated carbocycles. The number of ether oxygens (including phenoxy) is 1. The van der Waals surface area contributed by atoms with Crippen LogP contribution in [-0.4, -0.2) is 94.3 Å². The Morgan fingerprint density at radius 2 is 1.67 bits per heavy atom. The maximum Gasteiger partial charge on any atom is 0.305 e. The van der Waals surface area contributed by atoms with Crippen LogP contribution in [0.3, 0.4) is 0 Å². The fourth-order valence-electron chi connectivity index (χ4n) is 6.33. The number of rotatable bonds is 18. The Kier molecular flexibility index (Phi) is 13.2. The van der Waals surface area contributed by atoms with E-state index in [4.69, 9.17) is 18.8 Å². The van der Waals surface area contributed by atoms with E-state index in [1.165, 1.54) is 24.5 Å². The molecule has 0 amide bonds. The van der Waals surface area contributed by atoms with Crippen molar-refractivity contribution in [2.45, 2.75) is 49.8 Å². The van der Waals surface area contributed by atoms with Gasteiger partial charge in [-0.2, -0.15) is 25.3 Å². The molecule has 1 unspecified atom stereocenters. The SMILES string of the molecule is CC[N+](CCCS(=O)(=O)O)=c1ccc2c(/C=C/C=C3/N(CCOCCC(=O)O)c4ccc(S(=O)(=O)O)cc4C3(C)CCCS(=O)(=O)O)ccoc-2c1. The van der Waals surface area contributed by atoms with Crippen LogP contribution >= 0.6 is 0 Å². The van der Waals surface area contributed by atoms with Crippen molar-refractivity contribution in [3.8, 4) is 11.3 Å². The van der Waals surface area contributed by atoms with Gasteiger partial charge in [0.15, 0.2) is 0 Å². The highest BCUT2D eigenvalue weighted by atomic mass is 32.2. The lowest BCUT2D eigenvalue weighted by molar-refractivity contribution is -0.138. The summed E-state index contributed by atoms with van der Waals surface area (Å²) in [6.07, 6.45) is 7.16. The number of aliphatic carboxylic acids is 1. The maximum atomic E-state index is 12.1. The van der Waals surface area contributed by atoms with E-state index < -0.39 is 47.5 Å². The van der Waals surface area contributed by atoms with E-state index in [1.807, 2.05) is 47.6 Å². The number of carboxylic acid groups (broad SMARTS) is 1. The molecule has 4 N–H and O–H groups in total. The molecule has 1 aromatic rings. The summed E-state index contributed by atoms with van der Waals surface area (Å²) in [7, 11) is -13.0. The molecule has 0 saturated heterocycles. The molecule has 1 aromatic carbocycles. The van der Waals surface area contributed by atoms with E-state index >= 15 is 0 Å². The quantitative estimate of drug-likeness (QED) is 0.0822. The fourth-order valence-corrected chi connectivity index (χ4v) is 7.84. The molecule has 4 rings (SSSR count). The van der Waals surface area contributed by atoms with Crippen molar-refractivity contribution in [3.63, 3.8) is 0 Å². The van der Waals surface area contributed by atoms with Crippen LogP contribution in [0.5, 0.6) is 0 Å². The Labute approximate surface area is 303 Å². The van der Waals surface area contributed by atoms with Crippen molar-refractivity contribution in [1.82, 2.24) is 4.58 Å². The van der Waals surface area contributed by atoms with Crippen molar-refractivity contribution >= 4 is 48.1 Å². The number of benzene rings is 2. The lowest BCUT2D eigenvalue weighted by atomic mass is 9.77. The van der Waals surface area contributed by atoms with Crippen molar-refractivity contribution < 1.29 is 58.0 Å². The maximum absolute atomic E-state index is 12.1. The largest absolute Gasteiger partial charge is 0.481 e. The van der Waals surface area contributed by atoms with Crippen LogP contribution < -0.4 is 14.8 Å². The second-order valence-corrected chi connectivity index (χ2v) is 17.0. The van der Waals surface area contributed by atoms with Crippen LogP contribution in [0.2, 0.25) is 0 Å². The summed E-state index contributed by atoms with van der Waals surface area (Å²) in [6.45, 7) is 5.01. The molecular formula is C34H43N2O13S3+. The van der Waals surface area contributed by atoms with E-state index in [-0.39, 0.29) is 56.1 Å². The highest BCUT2D eigenvalue weighted by Gasteiger charge is 2.43. The molecule has 0 fully saturated rings. The zero-order chi connectivity index (χ0) is 38.3. The van der Waals surface area contributed by atoms with Crippen LogP contribution in [0, 0.1) is 0 Å². The number of allylic oxidation sites excluding steroid dienone is 3. The predicted molar refractivity (Wildman–Crippen MR) is 194 cm³/mol. The van der Waals surface area contributed by atoms with Gasteiger partial charge in [0.05, 0.1) is 48.4 Å². The van der Waals surface area contributed by atoms with Crippen molar-refractivity contribution in [2.24, 2.45) is 0 Å². The molecule has 18 heteroatoms. The fraction of sp³-hybridized carbons (Fsp3) is 0.412. The minimum Gasteiger partial charge on any atom is -0.481 e. The van der Waals surface area contributed by atoms with E-state index in [0.29, 0.717) is 35.8 Å². The molecule has 15 nitrogen and oxygen atoms in total. The standard InChI is InChI=1S/C34H42N2O13S3/c1-3-35(16-6-22-51(42,43)44)26-9-11-28-25(13-19-49-31(28)23-26)7-4-8-32-34(2,15-5-21-50(39,40)41)29-24-27(52(45,46)47)10-12-30(29)36(32)17-20-48-18-14-33(37)38/h4,7-13,19,23-24H,3,5-6,14-18,20-22H2,1-2H3,(H3-,37,38,39,40,41,42,43,44,45,46,47)/p+1. The summed E-state index contributed by atoms with van der Waals surface area (Å²) < 4.78 is 112. The number of hydrogen-bond donors (Lipinski definition) is 4. The molecule has 0 aromatic heterocycles. The molecular weight excluding hydrogens is 741 g/mol. The summed E-state index contributed by atoms with van der Waals surface area (Å²) in [6, 6.07) is 11.5. The number of carbonyl (C=O) groups is 1. The molecule has 0 radical (unpaired) electrons. The molecule has 2 heterocycles. The highest BCUT2D eigenvalue weighted by molar-refractivity contribution is 7.86. The summed E-state index contributed by atoms with van der Waals surface area (Å²) in [5.74, 6) is -1.35. The molecule has 1 aliphatic carbocycles. The average Bonchev–Trinajstić information content (AvgIpc) is 3.27. The van der Waals surface area contributed by atoms with Crippen molar-refractivity contribution in [3.05, 3.63) is 83.1 Å². The molecule has 1 atom stereocenters. The summed E-state index contributed by atoms with van der Waals surface area (Å²) in [5, 5.41) is 9.79. The Hall–Kier alpha value is -3.91. The number of anilines is 1. The number of carboxylic acids is 1. The Bertz CT molecular complexity index is 2210. The van der Waals surface area contributed by atoms with Gasteiger partial charge in [0.25, 0.3) is 30.4 Å². The van der Waals surface area contributed by atoms with Gasteiger partial charge in [-0.3, -0.25) is 18.5 Å². The number of fused-ring (bicyclic) bond motifs is 2. The second kappa shape index (κ2) is 16.8. The van der Waals surface area contributed by atoms with Crippen LogP contribution in [0.25, 0.3) is 17.4 Å². The summed E-state index contributed by atoms with van der Waals surface area (Å²) >= 11 is 0. The molecule has 52 heavy (non-hydrogen) atoms. The summed E-state index contributed by atoms with van der Waals surface area (Å²) in [4.78, 5) is 12.5. The normalized spacial score (nSPS) is 18.0. The third-order valence-electron chi connectivity index (χ3n) is 8.83. The van der Waals surface area contributed by atoms with Crippen LogP contribution in [0.15, 0.2) is 75.9 Å². The monoisotopic (exact) mass is 783 g/mol. The molecule has 2 aliphatic heterocycles. The van der Waals surface area contributed by atoms with Gasteiger partial charge in [-0.15, -0.1) is 0 Å². The van der Waals surface area contributed by atoms with E-state index in [1.54, 1.807) is 18.2 Å². The van der Waals surface area contributed by atoms with E-state index in [2.05, 4.69) is 0 Å². The zero-order valence-corrected chi connectivity index (χ0v) is 31.2. The van der Waals surface area contributed by atoms with Gasteiger partial charge in [0.2, 0.25) is 5.36 Å². The van der Waals surface area contributed by atoms with E-state index in [9.17, 15) is 39.2 Å². The van der Waals surface area contributed by atoms with E-state index in [0.717, 1.165) is 16.5 Å². The first-order valence-corrected chi connectivity index (χ1v) is 21.1. The molecule has 3 aliphatic rings. The molecule has 0 spiro atoms. The third-order valence-corrected chi connectivity index (χ3v) is 11.3. The first-order valence-electron chi connectivity index (χ1n) is 16.4. The first-order chi connectivity index (χ1) is 24.3. The van der Waals surface area contributed by atoms with Gasteiger partial charge in [-0.05, 0) is 74.2 Å². The number of hydrogen-bond acceptors (Lipinski definition) is 10. The highest BCUT2D eigenvalue weighted by Crippen LogP contribution is 2.51. The smallest absolute Gasteiger partial charge is 0.305 e. The van der Waals surface area contributed by atoms with Crippen molar-refractivity contribution in [1.29, 1.82) is 0 Å². The van der Waals surface area contributed by atoms with Gasteiger partial charge >= 0.3 is 5.97 Å². The average molecular weight is 784 g/mol. The lowest BCUT2D eigenvalue weighted by Gasteiger charge is -2.30. The second-order valence-electron chi connectivity index (χ2n) is 12.5. The summed E-state index contributed by atoms with van der Waals surface area (Å²) in [5.41, 5.74) is 2.25. The van der Waals surface area contributed by atoms with Crippen LogP contribution in [0.4, 0.5) is 5.69 Å².